The van der Waals surface area contributed by atoms with Gasteiger partial charge in [0, 0.05) is 15.4 Å². The first-order valence-corrected chi connectivity index (χ1v) is 11.1. The highest BCUT2D eigenvalue weighted by atomic mass is 79.9. The Morgan fingerprint density at radius 1 is 1.07 bits per heavy atom. The molecule has 5 nitrogen and oxygen atoms in total. The van der Waals surface area contributed by atoms with Gasteiger partial charge in [0.15, 0.2) is 6.61 Å². The van der Waals surface area contributed by atoms with Crippen molar-refractivity contribution in [1.29, 1.82) is 0 Å². The quantitative estimate of drug-likeness (QED) is 0.415. The maximum absolute atomic E-state index is 12.6. The summed E-state index contributed by atoms with van der Waals surface area (Å²) in [6.07, 6.45) is 0. The molecule has 1 heterocycles. The van der Waals surface area contributed by atoms with Crippen molar-refractivity contribution in [3.8, 4) is 16.9 Å². The van der Waals surface area contributed by atoms with E-state index >= 15 is 0 Å². The Morgan fingerprint density at radius 2 is 1.73 bits per heavy atom. The number of thiophene rings is 1. The largest absolute Gasteiger partial charge is 0.483 e. The molecule has 0 unspecified atom stereocenters. The monoisotopic (exact) mass is 487 g/mol. The molecule has 0 fully saturated rings. The molecule has 1 aromatic heterocycles. The predicted octanol–water partition coefficient (Wildman–Crippen LogP) is 5.99. The number of esters is 1. The number of hydrogen-bond acceptors (Lipinski definition) is 5. The van der Waals surface area contributed by atoms with E-state index in [9.17, 15) is 9.59 Å². The van der Waals surface area contributed by atoms with E-state index in [0.717, 1.165) is 26.7 Å². The van der Waals surface area contributed by atoms with E-state index in [-0.39, 0.29) is 19.1 Å². The number of ether oxygens (including phenoxy) is 2. The van der Waals surface area contributed by atoms with Crippen LogP contribution in [-0.4, -0.2) is 25.1 Å². The van der Waals surface area contributed by atoms with Gasteiger partial charge in [-0.15, -0.1) is 11.3 Å². The minimum atomic E-state index is -0.470. The Bertz CT molecular complexity index is 1040. The number of aryl methyl sites for hydroxylation is 2. The van der Waals surface area contributed by atoms with Crippen LogP contribution in [0, 0.1) is 13.8 Å². The molecule has 2 aromatic carbocycles. The molecular weight excluding hydrogens is 466 g/mol. The molecule has 0 radical (unpaired) electrons. The van der Waals surface area contributed by atoms with Crippen LogP contribution in [0.25, 0.3) is 11.1 Å². The average molecular weight is 488 g/mol. The number of amides is 1. The van der Waals surface area contributed by atoms with Gasteiger partial charge in [-0.25, -0.2) is 4.79 Å². The van der Waals surface area contributed by atoms with E-state index in [1.54, 1.807) is 6.92 Å². The summed E-state index contributed by atoms with van der Waals surface area (Å²) in [5.41, 5.74) is 3.86. The molecule has 0 spiro atoms. The summed E-state index contributed by atoms with van der Waals surface area (Å²) in [7, 11) is 0. The normalized spacial score (nSPS) is 10.5. The third-order valence-electron chi connectivity index (χ3n) is 4.44. The lowest BCUT2D eigenvalue weighted by Crippen LogP contribution is -2.21. The van der Waals surface area contributed by atoms with Crippen molar-refractivity contribution in [2.75, 3.05) is 18.5 Å². The second-order valence-electron chi connectivity index (χ2n) is 6.64. The van der Waals surface area contributed by atoms with Crippen LogP contribution in [0.4, 0.5) is 5.00 Å². The molecule has 0 aliphatic carbocycles. The zero-order valence-electron chi connectivity index (χ0n) is 17.0. The predicted molar refractivity (Wildman–Crippen MR) is 123 cm³/mol. The SMILES string of the molecule is CCOC(=O)c1c(-c2ccc(Br)cc2)csc1NC(=O)COc1c(C)cccc1C. The number of benzene rings is 2. The van der Waals surface area contributed by atoms with Crippen LogP contribution in [0.3, 0.4) is 0 Å². The molecular formula is C23H22BrNO4S. The molecule has 3 rings (SSSR count). The number of halogens is 1. The second kappa shape index (κ2) is 9.91. The highest BCUT2D eigenvalue weighted by molar-refractivity contribution is 9.10. The number of rotatable bonds is 7. The van der Waals surface area contributed by atoms with Crippen LogP contribution < -0.4 is 10.1 Å². The fourth-order valence-corrected chi connectivity index (χ4v) is 4.26. The van der Waals surface area contributed by atoms with Crippen molar-refractivity contribution >= 4 is 44.1 Å². The van der Waals surface area contributed by atoms with Gasteiger partial charge >= 0.3 is 5.97 Å². The average Bonchev–Trinajstić information content (AvgIpc) is 3.12. The maximum Gasteiger partial charge on any atom is 0.341 e. The van der Waals surface area contributed by atoms with Crippen LogP contribution in [0.5, 0.6) is 5.75 Å². The van der Waals surface area contributed by atoms with E-state index in [2.05, 4.69) is 21.2 Å². The van der Waals surface area contributed by atoms with Gasteiger partial charge in [-0.05, 0) is 49.6 Å². The summed E-state index contributed by atoms with van der Waals surface area (Å²) in [5.74, 6) is -0.116. The second-order valence-corrected chi connectivity index (χ2v) is 8.43. The highest BCUT2D eigenvalue weighted by Crippen LogP contribution is 2.36. The zero-order valence-corrected chi connectivity index (χ0v) is 19.4. The van der Waals surface area contributed by atoms with Gasteiger partial charge in [0.05, 0.1) is 6.61 Å². The lowest BCUT2D eigenvalue weighted by Gasteiger charge is -2.12. The Morgan fingerprint density at radius 3 is 2.37 bits per heavy atom. The summed E-state index contributed by atoms with van der Waals surface area (Å²) < 4.78 is 11.9. The van der Waals surface area contributed by atoms with Crippen LogP contribution in [0.2, 0.25) is 0 Å². The lowest BCUT2D eigenvalue weighted by molar-refractivity contribution is -0.118. The fourth-order valence-electron chi connectivity index (χ4n) is 3.02. The summed E-state index contributed by atoms with van der Waals surface area (Å²) in [6, 6.07) is 13.4. The highest BCUT2D eigenvalue weighted by Gasteiger charge is 2.23. The third kappa shape index (κ3) is 5.09. The number of hydrogen-bond donors (Lipinski definition) is 1. The fraction of sp³-hybridized carbons (Fsp3) is 0.217. The molecule has 156 valence electrons. The van der Waals surface area contributed by atoms with Gasteiger partial charge in [0.1, 0.15) is 16.3 Å². The summed E-state index contributed by atoms with van der Waals surface area (Å²) in [4.78, 5) is 25.2. The summed E-state index contributed by atoms with van der Waals surface area (Å²) in [6.45, 7) is 5.71. The zero-order chi connectivity index (χ0) is 21.7. The van der Waals surface area contributed by atoms with Gasteiger partial charge in [-0.2, -0.15) is 0 Å². The number of para-hydroxylation sites is 1. The van der Waals surface area contributed by atoms with Gasteiger partial charge in [-0.3, -0.25) is 4.79 Å². The minimum absolute atomic E-state index is 0.153. The molecule has 0 aliphatic heterocycles. The lowest BCUT2D eigenvalue weighted by atomic mass is 10.0. The van der Waals surface area contributed by atoms with Crippen molar-refractivity contribution < 1.29 is 19.1 Å². The van der Waals surface area contributed by atoms with Crippen molar-refractivity contribution in [3.05, 3.63) is 69.0 Å². The topological polar surface area (TPSA) is 64.6 Å². The van der Waals surface area contributed by atoms with E-state index in [4.69, 9.17) is 9.47 Å². The standard InChI is InChI=1S/C23H22BrNO4S/c1-4-28-23(27)20-18(16-8-10-17(24)11-9-16)13-30-22(20)25-19(26)12-29-21-14(2)6-5-7-15(21)3/h5-11,13H,4,12H2,1-3H3,(H,25,26). The van der Waals surface area contributed by atoms with E-state index < -0.39 is 5.97 Å². The Balaban J connectivity index is 1.82. The van der Waals surface area contributed by atoms with Crippen LogP contribution in [-0.2, 0) is 9.53 Å². The molecule has 1 N–H and O–H groups in total. The van der Waals surface area contributed by atoms with Crippen LogP contribution >= 0.6 is 27.3 Å². The Hall–Kier alpha value is -2.64. The molecule has 7 heteroatoms. The van der Waals surface area contributed by atoms with Crippen molar-refractivity contribution in [3.63, 3.8) is 0 Å². The van der Waals surface area contributed by atoms with Crippen molar-refractivity contribution in [2.45, 2.75) is 20.8 Å². The van der Waals surface area contributed by atoms with Crippen LogP contribution in [0.1, 0.15) is 28.4 Å². The molecule has 0 saturated heterocycles. The Kier molecular flexibility index (Phi) is 7.29. The minimum Gasteiger partial charge on any atom is -0.483 e. The third-order valence-corrected chi connectivity index (χ3v) is 5.86. The van der Waals surface area contributed by atoms with Gasteiger partial charge in [0.2, 0.25) is 0 Å². The van der Waals surface area contributed by atoms with Crippen LogP contribution in [0.15, 0.2) is 52.3 Å². The molecule has 0 bridgehead atoms. The van der Waals surface area contributed by atoms with Gasteiger partial charge in [-0.1, -0.05) is 46.3 Å². The first kappa shape index (κ1) is 22.1. The molecule has 0 atom stereocenters. The maximum atomic E-state index is 12.6. The molecule has 0 saturated carbocycles. The van der Waals surface area contributed by atoms with Crippen molar-refractivity contribution in [2.24, 2.45) is 0 Å². The van der Waals surface area contributed by atoms with E-state index in [0.29, 0.717) is 16.3 Å². The molecule has 1 amide bonds. The molecule has 0 aliphatic rings. The number of anilines is 1. The van der Waals surface area contributed by atoms with E-state index in [1.165, 1.54) is 11.3 Å². The summed E-state index contributed by atoms with van der Waals surface area (Å²) in [5, 5.41) is 5.10. The summed E-state index contributed by atoms with van der Waals surface area (Å²) >= 11 is 4.70. The first-order chi connectivity index (χ1) is 14.4. The van der Waals surface area contributed by atoms with Crippen molar-refractivity contribution in [1.82, 2.24) is 0 Å². The number of nitrogens with one attached hydrogen (secondary N) is 1. The van der Waals surface area contributed by atoms with E-state index in [1.807, 2.05) is 61.7 Å². The Labute approximate surface area is 188 Å². The first-order valence-electron chi connectivity index (χ1n) is 9.44. The number of carbonyl (C=O) groups excluding carboxylic acids is 2. The molecule has 30 heavy (non-hydrogen) atoms. The number of carbonyl (C=O) groups is 2. The molecule has 3 aromatic rings. The van der Waals surface area contributed by atoms with Gasteiger partial charge in [0.25, 0.3) is 5.91 Å². The van der Waals surface area contributed by atoms with Gasteiger partial charge < -0.3 is 14.8 Å². The smallest absolute Gasteiger partial charge is 0.341 e.